The van der Waals surface area contributed by atoms with Gasteiger partial charge in [0, 0.05) is 12.7 Å². The predicted molar refractivity (Wildman–Crippen MR) is 119 cm³/mol. The van der Waals surface area contributed by atoms with E-state index in [1.165, 1.54) is 17.0 Å². The van der Waals surface area contributed by atoms with Crippen molar-refractivity contribution in [2.45, 2.75) is 20.5 Å². The van der Waals surface area contributed by atoms with Gasteiger partial charge in [-0.2, -0.15) is 0 Å². The number of nitrogens with one attached hydrogen (secondary N) is 1. The number of hydrogen-bond donors (Lipinski definition) is 1. The second-order valence-electron chi connectivity index (χ2n) is 7.37. The molecular weight excluding hydrogens is 395 g/mol. The van der Waals surface area contributed by atoms with Crippen LogP contribution in [0.25, 0.3) is 0 Å². The van der Waals surface area contributed by atoms with E-state index < -0.39 is 0 Å². The molecule has 0 unspecified atom stereocenters. The molecule has 0 aliphatic heterocycles. The molecular formula is C25H25FN2O3. The molecule has 6 heteroatoms. The number of ether oxygens (including phenoxy) is 1. The zero-order valence-electron chi connectivity index (χ0n) is 17.8. The number of anilines is 1. The van der Waals surface area contributed by atoms with Crippen LogP contribution >= 0.6 is 0 Å². The number of aryl methyl sites for hydroxylation is 1. The third-order valence-electron chi connectivity index (χ3n) is 5.03. The normalized spacial score (nSPS) is 10.5. The van der Waals surface area contributed by atoms with Gasteiger partial charge in [0.05, 0.1) is 12.1 Å². The van der Waals surface area contributed by atoms with Crippen LogP contribution in [0.3, 0.4) is 0 Å². The first-order valence-corrected chi connectivity index (χ1v) is 9.93. The molecule has 3 aromatic rings. The SMILES string of the molecule is Cc1cccc(NC(=O)CN(C)C(=O)c2ccccc2OCc2ccc(F)cc2)c1C. The van der Waals surface area contributed by atoms with Gasteiger partial charge in [-0.3, -0.25) is 9.59 Å². The van der Waals surface area contributed by atoms with Gasteiger partial charge in [0.2, 0.25) is 5.91 Å². The smallest absolute Gasteiger partial charge is 0.257 e. The van der Waals surface area contributed by atoms with E-state index in [0.29, 0.717) is 11.3 Å². The molecule has 0 radical (unpaired) electrons. The third kappa shape index (κ3) is 5.69. The standard InChI is InChI=1S/C25H25FN2O3/c1-17-7-6-9-22(18(17)2)27-24(29)15-28(3)25(30)21-8-4-5-10-23(21)31-16-19-11-13-20(26)14-12-19/h4-14H,15-16H2,1-3H3,(H,27,29). The number of carbonyl (C=O) groups is 2. The molecule has 3 rings (SSSR count). The van der Waals surface area contributed by atoms with Gasteiger partial charge in [0.1, 0.15) is 18.2 Å². The van der Waals surface area contributed by atoms with Crippen molar-refractivity contribution in [3.05, 3.63) is 94.8 Å². The highest BCUT2D eigenvalue weighted by atomic mass is 19.1. The van der Waals surface area contributed by atoms with E-state index in [-0.39, 0.29) is 30.8 Å². The van der Waals surface area contributed by atoms with Crippen molar-refractivity contribution in [3.63, 3.8) is 0 Å². The van der Waals surface area contributed by atoms with Crippen molar-refractivity contribution in [1.29, 1.82) is 0 Å². The van der Waals surface area contributed by atoms with E-state index in [9.17, 15) is 14.0 Å². The number of carbonyl (C=O) groups excluding carboxylic acids is 2. The van der Waals surface area contributed by atoms with Crippen molar-refractivity contribution in [3.8, 4) is 5.75 Å². The highest BCUT2D eigenvalue weighted by Gasteiger charge is 2.19. The first-order chi connectivity index (χ1) is 14.8. The van der Waals surface area contributed by atoms with E-state index in [2.05, 4.69) is 5.32 Å². The molecule has 0 aliphatic rings. The van der Waals surface area contributed by atoms with Gasteiger partial charge in [0.25, 0.3) is 5.91 Å². The van der Waals surface area contributed by atoms with Crippen molar-refractivity contribution in [2.24, 2.45) is 0 Å². The minimum absolute atomic E-state index is 0.0987. The van der Waals surface area contributed by atoms with Crippen molar-refractivity contribution in [1.82, 2.24) is 4.90 Å². The molecule has 0 fully saturated rings. The van der Waals surface area contributed by atoms with Crippen LogP contribution in [0.15, 0.2) is 66.7 Å². The molecule has 0 heterocycles. The minimum atomic E-state index is -0.328. The fourth-order valence-corrected chi connectivity index (χ4v) is 3.08. The molecule has 0 saturated carbocycles. The fourth-order valence-electron chi connectivity index (χ4n) is 3.08. The summed E-state index contributed by atoms with van der Waals surface area (Å²) in [6, 6.07) is 18.5. The van der Waals surface area contributed by atoms with Gasteiger partial charge in [-0.1, -0.05) is 36.4 Å². The van der Waals surface area contributed by atoms with E-state index in [1.807, 2.05) is 32.0 Å². The molecule has 0 bridgehead atoms. The Balaban J connectivity index is 1.65. The summed E-state index contributed by atoms with van der Waals surface area (Å²) in [6.07, 6.45) is 0. The van der Waals surface area contributed by atoms with Crippen molar-refractivity contribution in [2.75, 3.05) is 18.9 Å². The average Bonchev–Trinajstić information content (AvgIpc) is 2.76. The van der Waals surface area contributed by atoms with Crippen LogP contribution in [0.2, 0.25) is 0 Å². The van der Waals surface area contributed by atoms with Crippen molar-refractivity contribution < 1.29 is 18.7 Å². The summed E-state index contributed by atoms with van der Waals surface area (Å²) in [4.78, 5) is 26.8. The summed E-state index contributed by atoms with van der Waals surface area (Å²) in [5, 5.41) is 2.86. The largest absolute Gasteiger partial charge is 0.488 e. The third-order valence-corrected chi connectivity index (χ3v) is 5.03. The molecule has 0 aliphatic carbocycles. The minimum Gasteiger partial charge on any atom is -0.488 e. The predicted octanol–water partition coefficient (Wildman–Crippen LogP) is 4.73. The van der Waals surface area contributed by atoms with Crippen LogP contribution in [-0.2, 0) is 11.4 Å². The van der Waals surface area contributed by atoms with Crippen LogP contribution in [0.1, 0.15) is 27.0 Å². The van der Waals surface area contributed by atoms with Crippen LogP contribution in [0.5, 0.6) is 5.75 Å². The lowest BCUT2D eigenvalue weighted by molar-refractivity contribution is -0.116. The van der Waals surface area contributed by atoms with Crippen LogP contribution in [0, 0.1) is 19.7 Å². The Morgan fingerprint density at radius 2 is 1.68 bits per heavy atom. The van der Waals surface area contributed by atoms with Gasteiger partial charge in [-0.05, 0) is 60.9 Å². The average molecular weight is 420 g/mol. The maximum absolute atomic E-state index is 13.1. The van der Waals surface area contributed by atoms with Crippen LogP contribution < -0.4 is 10.1 Å². The number of para-hydroxylation sites is 1. The zero-order valence-corrected chi connectivity index (χ0v) is 17.8. The first kappa shape index (κ1) is 22.0. The number of hydrogen-bond acceptors (Lipinski definition) is 3. The topological polar surface area (TPSA) is 58.6 Å². The Hall–Kier alpha value is -3.67. The van der Waals surface area contributed by atoms with Crippen molar-refractivity contribution >= 4 is 17.5 Å². The van der Waals surface area contributed by atoms with Crippen LogP contribution in [-0.4, -0.2) is 30.3 Å². The highest BCUT2D eigenvalue weighted by Crippen LogP contribution is 2.22. The van der Waals surface area contributed by atoms with E-state index in [0.717, 1.165) is 22.4 Å². The number of nitrogens with zero attached hydrogens (tertiary/aromatic N) is 1. The summed E-state index contributed by atoms with van der Waals surface area (Å²) in [5.41, 5.74) is 3.93. The van der Waals surface area contributed by atoms with Gasteiger partial charge >= 0.3 is 0 Å². The lowest BCUT2D eigenvalue weighted by Gasteiger charge is -2.19. The number of likely N-dealkylation sites (N-methyl/N-ethyl adjacent to an activating group) is 1. The molecule has 5 nitrogen and oxygen atoms in total. The maximum Gasteiger partial charge on any atom is 0.257 e. The maximum atomic E-state index is 13.1. The van der Waals surface area contributed by atoms with E-state index in [4.69, 9.17) is 4.74 Å². The Kier molecular flexibility index (Phi) is 7.03. The van der Waals surface area contributed by atoms with Gasteiger partial charge < -0.3 is 15.0 Å². The lowest BCUT2D eigenvalue weighted by atomic mass is 10.1. The second kappa shape index (κ2) is 9.89. The Bertz CT molecular complexity index is 1080. The molecule has 31 heavy (non-hydrogen) atoms. The molecule has 0 saturated heterocycles. The Morgan fingerprint density at radius 3 is 2.42 bits per heavy atom. The zero-order chi connectivity index (χ0) is 22.4. The Morgan fingerprint density at radius 1 is 0.968 bits per heavy atom. The number of rotatable bonds is 7. The molecule has 160 valence electrons. The number of halogens is 1. The summed E-state index contributed by atoms with van der Waals surface area (Å²) in [5.74, 6) is -0.529. The van der Waals surface area contributed by atoms with Gasteiger partial charge in [-0.25, -0.2) is 4.39 Å². The molecule has 0 atom stereocenters. The number of amides is 2. The summed E-state index contributed by atoms with van der Waals surface area (Å²) >= 11 is 0. The first-order valence-electron chi connectivity index (χ1n) is 9.93. The van der Waals surface area contributed by atoms with Gasteiger partial charge in [-0.15, -0.1) is 0 Å². The molecule has 2 amide bonds. The summed E-state index contributed by atoms with van der Waals surface area (Å²) in [7, 11) is 1.57. The second-order valence-corrected chi connectivity index (χ2v) is 7.37. The van der Waals surface area contributed by atoms with E-state index >= 15 is 0 Å². The molecule has 3 aromatic carbocycles. The molecule has 0 aromatic heterocycles. The van der Waals surface area contributed by atoms with E-state index in [1.54, 1.807) is 43.4 Å². The lowest BCUT2D eigenvalue weighted by Crippen LogP contribution is -2.35. The quantitative estimate of drug-likeness (QED) is 0.601. The summed E-state index contributed by atoms with van der Waals surface area (Å²) < 4.78 is 18.9. The molecule has 0 spiro atoms. The molecule has 1 N–H and O–H groups in total. The number of benzene rings is 3. The summed E-state index contributed by atoms with van der Waals surface area (Å²) in [6.45, 7) is 4.01. The Labute approximate surface area is 181 Å². The monoisotopic (exact) mass is 420 g/mol. The van der Waals surface area contributed by atoms with Gasteiger partial charge in [0.15, 0.2) is 0 Å². The fraction of sp³-hybridized carbons (Fsp3) is 0.200. The highest BCUT2D eigenvalue weighted by molar-refractivity contribution is 6.01. The van der Waals surface area contributed by atoms with Crippen LogP contribution in [0.4, 0.5) is 10.1 Å².